The van der Waals surface area contributed by atoms with Gasteiger partial charge in [-0.25, -0.2) is 4.79 Å². The zero-order valence-corrected chi connectivity index (χ0v) is 15.6. The molecule has 0 spiro atoms. The number of nitrogens with two attached hydrogens (primary N) is 1. The maximum absolute atomic E-state index is 11.8. The molecule has 0 aliphatic rings. The average Bonchev–Trinajstić information content (AvgIpc) is 2.79. The number of benzene rings is 1. The van der Waals surface area contributed by atoms with Crippen LogP contribution in [0.1, 0.15) is 17.3 Å². The second-order valence-corrected chi connectivity index (χ2v) is 8.39. The van der Waals surface area contributed by atoms with Crippen LogP contribution in [-0.4, -0.2) is 28.0 Å². The Bertz CT molecular complexity index is 788. The number of amides is 2. The normalized spacial score (nSPS) is 11.5. The molecule has 0 saturated heterocycles. The van der Waals surface area contributed by atoms with Gasteiger partial charge in [-0.2, -0.15) is 0 Å². The lowest BCUT2D eigenvalue weighted by molar-refractivity contribution is 0.100. The molecule has 1 aromatic carbocycles. The van der Waals surface area contributed by atoms with Gasteiger partial charge in [0.1, 0.15) is 21.7 Å². The van der Waals surface area contributed by atoms with Crippen LogP contribution in [0.2, 0.25) is 0 Å². The topological polar surface area (TPSA) is 102 Å². The Hall–Kier alpha value is -1.22. The van der Waals surface area contributed by atoms with Crippen molar-refractivity contribution in [1.82, 2.24) is 0 Å². The Morgan fingerprint density at radius 1 is 1.48 bits per heavy atom. The van der Waals surface area contributed by atoms with Gasteiger partial charge in [0.2, 0.25) is 0 Å². The molecule has 0 radical (unpaired) electrons. The lowest BCUT2D eigenvalue weighted by Crippen LogP contribution is -2.23. The van der Waals surface area contributed by atoms with Gasteiger partial charge < -0.3 is 15.6 Å². The molecule has 10 heteroatoms. The van der Waals surface area contributed by atoms with E-state index in [-0.39, 0.29) is 22.9 Å². The van der Waals surface area contributed by atoms with Gasteiger partial charge in [-0.1, -0.05) is 23.2 Å². The third-order valence-electron chi connectivity index (χ3n) is 2.70. The molecular weight excluding hydrogens is 431 g/mol. The van der Waals surface area contributed by atoms with Crippen molar-refractivity contribution in [1.29, 1.82) is 0 Å². The summed E-state index contributed by atoms with van der Waals surface area (Å²) in [4.78, 5) is 23.5. The monoisotopic (exact) mass is 440 g/mol. The number of thiophene rings is 1. The first-order valence-corrected chi connectivity index (χ1v) is 8.52. The molecular formula is C13H11BrCl2N2O4S. The van der Waals surface area contributed by atoms with Crippen LogP contribution in [0.3, 0.4) is 0 Å². The number of fused-ring (bicyclic) bond motifs is 1. The van der Waals surface area contributed by atoms with Gasteiger partial charge in [0.25, 0.3) is 5.91 Å². The van der Waals surface area contributed by atoms with Crippen LogP contribution in [-0.2, 0) is 4.74 Å². The summed E-state index contributed by atoms with van der Waals surface area (Å²) in [6.07, 6.45) is -0.827. The Balaban J connectivity index is 2.37. The molecule has 1 aromatic heterocycles. The summed E-state index contributed by atoms with van der Waals surface area (Å²) in [5, 5.41) is 12.9. The summed E-state index contributed by atoms with van der Waals surface area (Å²) in [5.41, 5.74) is 5.51. The van der Waals surface area contributed by atoms with Crippen LogP contribution in [0, 0.1) is 0 Å². The Morgan fingerprint density at radius 2 is 2.13 bits per heavy atom. The van der Waals surface area contributed by atoms with E-state index >= 15 is 0 Å². The summed E-state index contributed by atoms with van der Waals surface area (Å²) >= 11 is 15.7. The Kier molecular flexibility index (Phi) is 5.30. The summed E-state index contributed by atoms with van der Waals surface area (Å²) < 4.78 is 4.62. The molecule has 0 bridgehead atoms. The van der Waals surface area contributed by atoms with Crippen molar-refractivity contribution in [2.45, 2.75) is 11.3 Å². The SMILES string of the molecule is CC(Cl)(Cl)COC(=O)Nc1sc2c(Br)c(O)ccc2c1C(N)=O. The third-order valence-corrected chi connectivity index (χ3v) is 5.12. The van der Waals surface area contributed by atoms with E-state index < -0.39 is 16.3 Å². The minimum Gasteiger partial charge on any atom is -0.507 e. The number of phenolic OH excluding ortho intramolecular Hbond substituents is 1. The largest absolute Gasteiger partial charge is 0.507 e. The Labute approximate surface area is 153 Å². The van der Waals surface area contributed by atoms with Gasteiger partial charge >= 0.3 is 6.09 Å². The molecule has 0 unspecified atom stereocenters. The fourth-order valence-corrected chi connectivity index (χ4v) is 3.59. The summed E-state index contributed by atoms with van der Waals surface area (Å²) in [5.74, 6) is -0.715. The lowest BCUT2D eigenvalue weighted by Gasteiger charge is -2.13. The van der Waals surface area contributed by atoms with Crippen molar-refractivity contribution in [2.75, 3.05) is 11.9 Å². The number of carbonyl (C=O) groups is 2. The lowest BCUT2D eigenvalue weighted by atomic mass is 10.1. The van der Waals surface area contributed by atoms with Gasteiger partial charge in [0.05, 0.1) is 14.7 Å². The minimum absolute atomic E-state index is 0.00365. The van der Waals surface area contributed by atoms with Gasteiger partial charge in [0.15, 0.2) is 0 Å². The second-order valence-electron chi connectivity index (χ2n) is 4.72. The minimum atomic E-state index is -1.22. The fourth-order valence-electron chi connectivity index (χ4n) is 1.77. The smallest absolute Gasteiger partial charge is 0.412 e. The van der Waals surface area contributed by atoms with Crippen LogP contribution in [0.25, 0.3) is 10.1 Å². The van der Waals surface area contributed by atoms with Gasteiger partial charge in [-0.05, 0) is 35.0 Å². The summed E-state index contributed by atoms with van der Waals surface area (Å²) in [6, 6.07) is 2.96. The summed E-state index contributed by atoms with van der Waals surface area (Å²) in [7, 11) is 0. The van der Waals surface area contributed by atoms with E-state index in [1.54, 1.807) is 0 Å². The molecule has 4 N–H and O–H groups in total. The van der Waals surface area contributed by atoms with E-state index in [1.165, 1.54) is 19.1 Å². The van der Waals surface area contributed by atoms with Gasteiger partial charge in [-0.15, -0.1) is 11.3 Å². The first kappa shape index (κ1) is 18.1. The van der Waals surface area contributed by atoms with E-state index in [0.717, 1.165) is 11.3 Å². The molecule has 0 aliphatic carbocycles. The van der Waals surface area contributed by atoms with Crippen molar-refractivity contribution in [2.24, 2.45) is 5.73 Å². The standard InChI is InChI=1S/C13H11BrCl2N2O4S/c1-13(15,16)4-22-12(21)18-11-7(10(17)20)5-2-3-6(19)8(14)9(5)23-11/h2-3,19H,4H2,1H3,(H2,17,20)(H,18,21). The van der Waals surface area contributed by atoms with Crippen LogP contribution >= 0.6 is 50.5 Å². The number of aromatic hydroxyl groups is 1. The number of hydrogen-bond donors (Lipinski definition) is 3. The Morgan fingerprint density at radius 3 is 2.70 bits per heavy atom. The van der Waals surface area contributed by atoms with Gasteiger partial charge in [-0.3, -0.25) is 10.1 Å². The van der Waals surface area contributed by atoms with Crippen molar-refractivity contribution in [3.63, 3.8) is 0 Å². The van der Waals surface area contributed by atoms with Crippen LogP contribution in [0.15, 0.2) is 16.6 Å². The highest BCUT2D eigenvalue weighted by Crippen LogP contribution is 2.43. The molecule has 2 amide bonds. The van der Waals surface area contributed by atoms with E-state index in [1.807, 2.05) is 0 Å². The first-order valence-electron chi connectivity index (χ1n) is 6.15. The molecule has 23 heavy (non-hydrogen) atoms. The van der Waals surface area contributed by atoms with Crippen LogP contribution < -0.4 is 11.1 Å². The molecule has 0 aliphatic heterocycles. The number of ether oxygens (including phenoxy) is 1. The number of alkyl halides is 2. The third kappa shape index (κ3) is 4.20. The van der Waals surface area contributed by atoms with E-state index in [2.05, 4.69) is 21.2 Å². The zero-order chi connectivity index (χ0) is 17.4. The number of nitrogens with one attached hydrogen (secondary N) is 1. The van der Waals surface area contributed by atoms with Crippen LogP contribution in [0.5, 0.6) is 5.75 Å². The predicted molar refractivity (Wildman–Crippen MR) is 94.8 cm³/mol. The molecule has 1 heterocycles. The molecule has 2 aromatic rings. The number of halogens is 3. The predicted octanol–water partition coefficient (Wildman–Crippen LogP) is 4.21. The van der Waals surface area contributed by atoms with Crippen LogP contribution in [0.4, 0.5) is 9.80 Å². The molecule has 0 saturated carbocycles. The molecule has 0 atom stereocenters. The highest BCUT2D eigenvalue weighted by molar-refractivity contribution is 9.10. The van der Waals surface area contributed by atoms with Gasteiger partial charge in [0, 0.05) is 5.39 Å². The number of carbonyl (C=O) groups excluding carboxylic acids is 2. The zero-order valence-electron chi connectivity index (χ0n) is 11.7. The number of primary amides is 1. The molecule has 0 fully saturated rings. The van der Waals surface area contributed by atoms with Crippen molar-refractivity contribution < 1.29 is 19.4 Å². The second kappa shape index (κ2) is 6.72. The average molecular weight is 442 g/mol. The first-order chi connectivity index (χ1) is 10.6. The number of hydrogen-bond acceptors (Lipinski definition) is 5. The van der Waals surface area contributed by atoms with Crippen molar-refractivity contribution >= 4 is 77.6 Å². The maximum Gasteiger partial charge on any atom is 0.412 e. The van der Waals surface area contributed by atoms with E-state index in [0.29, 0.717) is 14.6 Å². The number of anilines is 1. The molecule has 6 nitrogen and oxygen atoms in total. The number of phenols is 1. The van der Waals surface area contributed by atoms with E-state index in [4.69, 9.17) is 33.7 Å². The summed E-state index contributed by atoms with van der Waals surface area (Å²) in [6.45, 7) is 1.24. The highest BCUT2D eigenvalue weighted by atomic mass is 79.9. The van der Waals surface area contributed by atoms with Crippen molar-refractivity contribution in [3.8, 4) is 5.75 Å². The quantitative estimate of drug-likeness (QED) is 0.618. The fraction of sp³-hybridized carbons (Fsp3) is 0.231. The molecule has 124 valence electrons. The number of rotatable bonds is 4. The van der Waals surface area contributed by atoms with Crippen molar-refractivity contribution in [3.05, 3.63) is 22.2 Å². The molecule has 2 rings (SSSR count). The van der Waals surface area contributed by atoms with E-state index in [9.17, 15) is 14.7 Å². The highest BCUT2D eigenvalue weighted by Gasteiger charge is 2.23. The maximum atomic E-state index is 11.8.